The van der Waals surface area contributed by atoms with Gasteiger partial charge >= 0.3 is 0 Å². The lowest BCUT2D eigenvalue weighted by Crippen LogP contribution is -2.22. The van der Waals surface area contributed by atoms with Gasteiger partial charge in [0.05, 0.1) is 0 Å². The second-order valence-corrected chi connectivity index (χ2v) is 6.16. The predicted octanol–water partition coefficient (Wildman–Crippen LogP) is 3.94. The van der Waals surface area contributed by atoms with Crippen molar-refractivity contribution in [3.63, 3.8) is 0 Å². The molecule has 0 radical (unpaired) electrons. The molecule has 0 unspecified atom stereocenters. The largest absolute Gasteiger partial charge is 0.488 e. The highest BCUT2D eigenvalue weighted by molar-refractivity contribution is 7.14. The number of nitrogens with zero attached hydrogens (tertiary/aromatic N) is 2. The van der Waals surface area contributed by atoms with Crippen molar-refractivity contribution < 1.29 is 4.74 Å². The lowest BCUT2D eigenvalue weighted by molar-refractivity contribution is 0.131. The number of aromatic nitrogens is 2. The molecule has 2 aromatic rings. The van der Waals surface area contributed by atoms with E-state index in [-0.39, 0.29) is 5.60 Å². The fraction of sp³-hybridized carbons (Fsp3) is 0.429. The molecule has 0 saturated heterocycles. The third-order valence-electron chi connectivity index (χ3n) is 2.29. The molecule has 96 valence electrons. The van der Waals surface area contributed by atoms with E-state index in [1.54, 1.807) is 11.3 Å². The van der Waals surface area contributed by atoms with E-state index in [4.69, 9.17) is 4.74 Å². The first-order chi connectivity index (χ1) is 8.48. The zero-order chi connectivity index (χ0) is 13.2. The molecule has 1 aromatic carbocycles. The molecule has 0 amide bonds. The van der Waals surface area contributed by atoms with Gasteiger partial charge < -0.3 is 4.74 Å². The van der Waals surface area contributed by atoms with Crippen LogP contribution >= 0.6 is 11.3 Å². The summed E-state index contributed by atoms with van der Waals surface area (Å²) in [4.78, 5) is 0. The van der Waals surface area contributed by atoms with Crippen molar-refractivity contribution in [3.05, 3.63) is 29.3 Å². The van der Waals surface area contributed by atoms with Crippen molar-refractivity contribution in [2.45, 2.75) is 39.7 Å². The van der Waals surface area contributed by atoms with E-state index in [9.17, 15) is 0 Å². The second-order valence-electron chi connectivity index (χ2n) is 5.09. The van der Waals surface area contributed by atoms with E-state index in [0.717, 1.165) is 27.7 Å². The number of ether oxygens (including phenoxy) is 1. The zero-order valence-electron chi connectivity index (χ0n) is 11.2. The van der Waals surface area contributed by atoms with E-state index >= 15 is 0 Å². The highest BCUT2D eigenvalue weighted by Crippen LogP contribution is 2.26. The Kier molecular flexibility index (Phi) is 3.66. The normalized spacial score (nSPS) is 11.6. The Labute approximate surface area is 112 Å². The molecule has 1 heterocycles. The van der Waals surface area contributed by atoms with Crippen LogP contribution in [0, 0.1) is 0 Å². The molecular weight excluding hydrogens is 244 g/mol. The highest BCUT2D eigenvalue weighted by Gasteiger charge is 2.12. The maximum atomic E-state index is 5.79. The van der Waals surface area contributed by atoms with Crippen LogP contribution < -0.4 is 4.74 Å². The van der Waals surface area contributed by atoms with Crippen molar-refractivity contribution in [3.8, 4) is 16.3 Å². The van der Waals surface area contributed by atoms with Crippen molar-refractivity contribution in [1.29, 1.82) is 0 Å². The number of rotatable bonds is 3. The Bertz CT molecular complexity index is 511. The molecule has 4 heteroatoms. The minimum absolute atomic E-state index is 0.167. The molecule has 0 fully saturated rings. The van der Waals surface area contributed by atoms with Crippen LogP contribution in [0.15, 0.2) is 24.3 Å². The quantitative estimate of drug-likeness (QED) is 0.840. The van der Waals surface area contributed by atoms with E-state index in [0.29, 0.717) is 0 Å². The van der Waals surface area contributed by atoms with Gasteiger partial charge in [0.15, 0.2) is 0 Å². The smallest absolute Gasteiger partial charge is 0.147 e. The predicted molar refractivity (Wildman–Crippen MR) is 75.1 cm³/mol. The van der Waals surface area contributed by atoms with Gasteiger partial charge in [0.1, 0.15) is 21.4 Å². The average Bonchev–Trinajstić information content (AvgIpc) is 2.76. The lowest BCUT2D eigenvalue weighted by atomic mass is 10.2. The molecule has 0 aliphatic heterocycles. The molecular formula is C14H18N2OS. The Hall–Kier alpha value is -1.42. The van der Waals surface area contributed by atoms with Crippen LogP contribution in [-0.4, -0.2) is 15.8 Å². The molecule has 2 rings (SSSR count). The highest BCUT2D eigenvalue weighted by atomic mass is 32.1. The summed E-state index contributed by atoms with van der Waals surface area (Å²) in [7, 11) is 0. The van der Waals surface area contributed by atoms with Gasteiger partial charge in [-0.2, -0.15) is 0 Å². The van der Waals surface area contributed by atoms with E-state index in [1.165, 1.54) is 0 Å². The van der Waals surface area contributed by atoms with Crippen LogP contribution in [0.3, 0.4) is 0 Å². The van der Waals surface area contributed by atoms with E-state index < -0.39 is 0 Å². The maximum Gasteiger partial charge on any atom is 0.147 e. The molecule has 0 bridgehead atoms. The first kappa shape index (κ1) is 13.0. The fourth-order valence-electron chi connectivity index (χ4n) is 1.53. The number of benzene rings is 1. The summed E-state index contributed by atoms with van der Waals surface area (Å²) in [5, 5.41) is 10.4. The number of aryl methyl sites for hydroxylation is 1. The van der Waals surface area contributed by atoms with Crippen LogP contribution in [0.1, 0.15) is 32.7 Å². The summed E-state index contributed by atoms with van der Waals surface area (Å²) in [6.45, 7) is 8.21. The molecule has 18 heavy (non-hydrogen) atoms. The zero-order valence-corrected chi connectivity index (χ0v) is 12.0. The van der Waals surface area contributed by atoms with Crippen LogP contribution in [0.2, 0.25) is 0 Å². The molecule has 0 spiro atoms. The van der Waals surface area contributed by atoms with Crippen molar-refractivity contribution >= 4 is 11.3 Å². The summed E-state index contributed by atoms with van der Waals surface area (Å²) >= 11 is 1.64. The van der Waals surface area contributed by atoms with Crippen molar-refractivity contribution in [1.82, 2.24) is 10.2 Å². The Morgan fingerprint density at radius 2 is 1.78 bits per heavy atom. The molecule has 1 aromatic heterocycles. The second kappa shape index (κ2) is 5.06. The molecule has 0 aliphatic carbocycles. The Morgan fingerprint density at radius 1 is 1.11 bits per heavy atom. The average molecular weight is 262 g/mol. The molecule has 0 saturated carbocycles. The Morgan fingerprint density at radius 3 is 2.28 bits per heavy atom. The number of hydrogen-bond donors (Lipinski definition) is 0. The van der Waals surface area contributed by atoms with Gasteiger partial charge in [-0.1, -0.05) is 18.3 Å². The number of hydrogen-bond acceptors (Lipinski definition) is 4. The summed E-state index contributed by atoms with van der Waals surface area (Å²) < 4.78 is 5.79. The molecule has 0 atom stereocenters. The van der Waals surface area contributed by atoms with Crippen LogP contribution in [0.4, 0.5) is 0 Å². The fourth-order valence-corrected chi connectivity index (χ4v) is 2.32. The topological polar surface area (TPSA) is 35.0 Å². The van der Waals surface area contributed by atoms with E-state index in [1.807, 2.05) is 45.0 Å². The molecule has 0 N–H and O–H groups in total. The third kappa shape index (κ3) is 3.29. The monoisotopic (exact) mass is 262 g/mol. The van der Waals surface area contributed by atoms with Gasteiger partial charge in [-0.05, 0) is 51.5 Å². The van der Waals surface area contributed by atoms with Gasteiger partial charge in [0, 0.05) is 5.56 Å². The molecule has 3 nitrogen and oxygen atoms in total. The van der Waals surface area contributed by atoms with Gasteiger partial charge in [-0.15, -0.1) is 10.2 Å². The minimum atomic E-state index is -0.167. The molecule has 0 aliphatic rings. The third-order valence-corrected chi connectivity index (χ3v) is 3.41. The van der Waals surface area contributed by atoms with Crippen LogP contribution in [0.5, 0.6) is 5.75 Å². The summed E-state index contributed by atoms with van der Waals surface area (Å²) in [6.07, 6.45) is 0.933. The Balaban J connectivity index is 2.17. The first-order valence-electron chi connectivity index (χ1n) is 6.10. The van der Waals surface area contributed by atoms with Gasteiger partial charge in [-0.25, -0.2) is 0 Å². The SMILES string of the molecule is CCc1nnc(-c2ccc(OC(C)(C)C)cc2)s1. The summed E-state index contributed by atoms with van der Waals surface area (Å²) in [5.41, 5.74) is 0.924. The van der Waals surface area contributed by atoms with Crippen LogP contribution in [-0.2, 0) is 6.42 Å². The van der Waals surface area contributed by atoms with E-state index in [2.05, 4.69) is 17.1 Å². The van der Waals surface area contributed by atoms with Gasteiger partial charge in [0.25, 0.3) is 0 Å². The van der Waals surface area contributed by atoms with Crippen LogP contribution in [0.25, 0.3) is 10.6 Å². The summed E-state index contributed by atoms with van der Waals surface area (Å²) in [5.74, 6) is 0.881. The minimum Gasteiger partial charge on any atom is -0.488 e. The lowest BCUT2D eigenvalue weighted by Gasteiger charge is -2.21. The van der Waals surface area contributed by atoms with Crippen molar-refractivity contribution in [2.24, 2.45) is 0 Å². The van der Waals surface area contributed by atoms with Gasteiger partial charge in [-0.3, -0.25) is 0 Å². The standard InChI is InChI=1S/C14H18N2OS/c1-5-12-15-16-13(18-12)10-6-8-11(9-7-10)17-14(2,3)4/h6-9H,5H2,1-4H3. The summed E-state index contributed by atoms with van der Waals surface area (Å²) in [6, 6.07) is 8.02. The van der Waals surface area contributed by atoms with Crippen molar-refractivity contribution in [2.75, 3.05) is 0 Å². The first-order valence-corrected chi connectivity index (χ1v) is 6.91. The maximum absolute atomic E-state index is 5.79. The van der Waals surface area contributed by atoms with Gasteiger partial charge in [0.2, 0.25) is 0 Å².